The van der Waals surface area contributed by atoms with Crippen molar-refractivity contribution in [3.05, 3.63) is 27.7 Å². The lowest BCUT2D eigenvalue weighted by Crippen LogP contribution is -2.44. The molecule has 5 nitrogen and oxygen atoms in total. The molecule has 1 unspecified atom stereocenters. The van der Waals surface area contributed by atoms with Crippen molar-refractivity contribution < 1.29 is 14.3 Å². The maximum Gasteiger partial charge on any atom is 0.410 e. The van der Waals surface area contributed by atoms with Gasteiger partial charge in [0.1, 0.15) is 11.4 Å². The van der Waals surface area contributed by atoms with E-state index in [0.29, 0.717) is 0 Å². The number of carbonyl (C=O) groups is 1. The summed E-state index contributed by atoms with van der Waals surface area (Å²) in [5.74, 6) is 1.02. The Morgan fingerprint density at radius 1 is 1.44 bits per heavy atom. The van der Waals surface area contributed by atoms with Gasteiger partial charge in [0.05, 0.1) is 6.61 Å². The van der Waals surface area contributed by atoms with Crippen LogP contribution in [-0.4, -0.2) is 42.3 Å². The summed E-state index contributed by atoms with van der Waals surface area (Å²) < 4.78 is 12.4. The molecule has 1 N–H and O–H groups in total. The molecule has 2 heterocycles. The number of rotatable bonds is 4. The highest BCUT2D eigenvalue weighted by molar-refractivity contribution is 9.10. The fourth-order valence-electron chi connectivity index (χ4n) is 3.46. The van der Waals surface area contributed by atoms with Crippen molar-refractivity contribution in [2.24, 2.45) is 0 Å². The van der Waals surface area contributed by atoms with Gasteiger partial charge in [-0.3, -0.25) is 0 Å². The molecule has 0 bridgehead atoms. The van der Waals surface area contributed by atoms with Gasteiger partial charge in [-0.05, 0) is 51.3 Å². The molecule has 2 aliphatic heterocycles. The molecule has 0 aliphatic carbocycles. The van der Waals surface area contributed by atoms with Gasteiger partial charge in [0.2, 0.25) is 0 Å². The fourth-order valence-corrected chi connectivity index (χ4v) is 4.01. The van der Waals surface area contributed by atoms with Gasteiger partial charge in [0.15, 0.2) is 0 Å². The minimum atomic E-state index is -0.453. The van der Waals surface area contributed by atoms with Crippen molar-refractivity contribution in [2.75, 3.05) is 19.7 Å². The van der Waals surface area contributed by atoms with E-state index in [2.05, 4.69) is 33.4 Å². The molecule has 1 aromatic rings. The largest absolute Gasteiger partial charge is 0.493 e. The average molecular weight is 411 g/mol. The van der Waals surface area contributed by atoms with Crippen molar-refractivity contribution >= 4 is 22.0 Å². The topological polar surface area (TPSA) is 50.8 Å². The van der Waals surface area contributed by atoms with Crippen LogP contribution in [0.1, 0.15) is 44.7 Å². The molecule has 0 radical (unpaired) electrons. The summed E-state index contributed by atoms with van der Waals surface area (Å²) >= 11 is 3.58. The van der Waals surface area contributed by atoms with E-state index in [1.165, 1.54) is 11.1 Å². The summed E-state index contributed by atoms with van der Waals surface area (Å²) in [6.07, 6.45) is 2.81. The second-order valence-electron chi connectivity index (χ2n) is 7.75. The SMILES string of the molecule is CC(C)(C)OC(=O)N1CCCC1CNCc1cc(Br)cc2c1OCC2. The Balaban J connectivity index is 1.56. The summed E-state index contributed by atoms with van der Waals surface area (Å²) in [7, 11) is 0. The highest BCUT2D eigenvalue weighted by atomic mass is 79.9. The number of hydrogen-bond acceptors (Lipinski definition) is 4. The summed E-state index contributed by atoms with van der Waals surface area (Å²) in [5.41, 5.74) is 1.98. The van der Waals surface area contributed by atoms with E-state index in [0.717, 1.165) is 55.7 Å². The predicted octanol–water partition coefficient (Wildman–Crippen LogP) is 3.87. The third-order valence-corrected chi connectivity index (χ3v) is 4.98. The van der Waals surface area contributed by atoms with Crippen molar-refractivity contribution in [3.8, 4) is 5.75 Å². The highest BCUT2D eigenvalue weighted by Gasteiger charge is 2.31. The Labute approximate surface area is 158 Å². The minimum Gasteiger partial charge on any atom is -0.493 e. The first kappa shape index (κ1) is 18.5. The van der Waals surface area contributed by atoms with E-state index < -0.39 is 5.60 Å². The molecule has 1 fully saturated rings. The van der Waals surface area contributed by atoms with Gasteiger partial charge < -0.3 is 19.7 Å². The van der Waals surface area contributed by atoms with E-state index in [4.69, 9.17) is 9.47 Å². The van der Waals surface area contributed by atoms with Crippen molar-refractivity contribution in [2.45, 2.75) is 58.2 Å². The van der Waals surface area contributed by atoms with E-state index >= 15 is 0 Å². The molecule has 2 aliphatic rings. The molecule has 1 aromatic carbocycles. The predicted molar refractivity (Wildman–Crippen MR) is 101 cm³/mol. The summed E-state index contributed by atoms with van der Waals surface area (Å²) in [5, 5.41) is 3.50. The molecule has 6 heteroatoms. The number of carbonyl (C=O) groups excluding carboxylic acids is 1. The molecule has 0 spiro atoms. The number of likely N-dealkylation sites (tertiary alicyclic amines) is 1. The first-order chi connectivity index (χ1) is 11.8. The molecular formula is C19H27BrN2O3. The van der Waals surface area contributed by atoms with Gasteiger partial charge in [0, 0.05) is 42.1 Å². The van der Waals surface area contributed by atoms with E-state index in [-0.39, 0.29) is 12.1 Å². The van der Waals surface area contributed by atoms with Crippen LogP contribution in [0.25, 0.3) is 0 Å². The molecule has 3 rings (SSSR count). The molecule has 0 saturated carbocycles. The Hall–Kier alpha value is -1.27. The number of hydrogen-bond donors (Lipinski definition) is 1. The third kappa shape index (κ3) is 4.67. The highest BCUT2D eigenvalue weighted by Crippen LogP contribution is 2.33. The average Bonchev–Trinajstić information content (AvgIpc) is 3.13. The van der Waals surface area contributed by atoms with Gasteiger partial charge >= 0.3 is 6.09 Å². The number of amides is 1. The van der Waals surface area contributed by atoms with Crippen LogP contribution >= 0.6 is 15.9 Å². The van der Waals surface area contributed by atoms with Crippen LogP contribution in [-0.2, 0) is 17.7 Å². The minimum absolute atomic E-state index is 0.191. The van der Waals surface area contributed by atoms with E-state index in [9.17, 15) is 4.79 Å². The van der Waals surface area contributed by atoms with E-state index in [1.807, 2.05) is 25.7 Å². The zero-order valence-electron chi connectivity index (χ0n) is 15.2. The van der Waals surface area contributed by atoms with Crippen molar-refractivity contribution in [1.29, 1.82) is 0 Å². The first-order valence-corrected chi connectivity index (χ1v) is 9.77. The lowest BCUT2D eigenvalue weighted by atomic mass is 10.1. The Morgan fingerprint density at radius 3 is 3.00 bits per heavy atom. The lowest BCUT2D eigenvalue weighted by Gasteiger charge is -2.28. The molecule has 138 valence electrons. The lowest BCUT2D eigenvalue weighted by molar-refractivity contribution is 0.0226. The third-order valence-electron chi connectivity index (χ3n) is 4.53. The summed E-state index contributed by atoms with van der Waals surface area (Å²) in [6.45, 7) is 8.75. The number of fused-ring (bicyclic) bond motifs is 1. The maximum atomic E-state index is 12.4. The zero-order chi connectivity index (χ0) is 18.0. The van der Waals surface area contributed by atoms with Crippen LogP contribution in [0.2, 0.25) is 0 Å². The second-order valence-corrected chi connectivity index (χ2v) is 8.67. The Morgan fingerprint density at radius 2 is 2.24 bits per heavy atom. The van der Waals surface area contributed by atoms with Gasteiger partial charge in [-0.2, -0.15) is 0 Å². The summed E-state index contributed by atoms with van der Waals surface area (Å²) in [4.78, 5) is 14.2. The van der Waals surface area contributed by atoms with Gasteiger partial charge in [-0.15, -0.1) is 0 Å². The van der Waals surface area contributed by atoms with Crippen molar-refractivity contribution in [1.82, 2.24) is 10.2 Å². The van der Waals surface area contributed by atoms with Gasteiger partial charge in [-0.1, -0.05) is 15.9 Å². The number of ether oxygens (including phenoxy) is 2. The number of nitrogens with one attached hydrogen (secondary N) is 1. The van der Waals surface area contributed by atoms with Crippen LogP contribution in [0.4, 0.5) is 4.79 Å². The maximum absolute atomic E-state index is 12.4. The Kier molecular flexibility index (Phi) is 5.58. The summed E-state index contributed by atoms with van der Waals surface area (Å²) in [6, 6.07) is 4.43. The number of benzene rings is 1. The van der Waals surface area contributed by atoms with E-state index in [1.54, 1.807) is 0 Å². The van der Waals surface area contributed by atoms with Crippen LogP contribution in [0.5, 0.6) is 5.75 Å². The first-order valence-electron chi connectivity index (χ1n) is 8.98. The molecular weight excluding hydrogens is 384 g/mol. The molecule has 1 amide bonds. The van der Waals surface area contributed by atoms with Crippen LogP contribution in [0, 0.1) is 0 Å². The monoisotopic (exact) mass is 410 g/mol. The standard InChI is InChI=1S/C19H27BrN2O3/c1-19(2,3)25-18(23)22-7-4-5-16(22)12-21-11-14-10-15(20)9-13-6-8-24-17(13)14/h9-10,16,21H,4-8,11-12H2,1-3H3. The normalized spacial score (nSPS) is 19.7. The number of nitrogens with zero attached hydrogens (tertiary/aromatic N) is 1. The molecule has 1 saturated heterocycles. The van der Waals surface area contributed by atoms with Crippen LogP contribution < -0.4 is 10.1 Å². The van der Waals surface area contributed by atoms with Gasteiger partial charge in [0.25, 0.3) is 0 Å². The molecule has 0 aromatic heterocycles. The second kappa shape index (κ2) is 7.54. The van der Waals surface area contributed by atoms with Crippen LogP contribution in [0.3, 0.4) is 0 Å². The quantitative estimate of drug-likeness (QED) is 0.817. The molecule has 25 heavy (non-hydrogen) atoms. The zero-order valence-corrected chi connectivity index (χ0v) is 16.8. The fraction of sp³-hybridized carbons (Fsp3) is 0.632. The molecule has 1 atom stereocenters. The Bertz CT molecular complexity index is 642. The smallest absolute Gasteiger partial charge is 0.410 e. The van der Waals surface area contributed by atoms with Crippen LogP contribution in [0.15, 0.2) is 16.6 Å². The van der Waals surface area contributed by atoms with Crippen molar-refractivity contribution in [3.63, 3.8) is 0 Å². The van der Waals surface area contributed by atoms with Gasteiger partial charge in [-0.25, -0.2) is 4.79 Å². The number of halogens is 1.